The van der Waals surface area contributed by atoms with Crippen LogP contribution < -0.4 is 11.1 Å². The number of imide groups is 1. The van der Waals surface area contributed by atoms with Crippen molar-refractivity contribution in [3.8, 4) is 0 Å². The van der Waals surface area contributed by atoms with Gasteiger partial charge in [0.05, 0.1) is 6.04 Å². The number of urea groups is 1. The molecular weight excluding hydrogens is 310 g/mol. The number of carbonyl (C=O) groups is 2. The second-order valence-electron chi connectivity index (χ2n) is 5.56. The maximum absolute atomic E-state index is 11.7. The molecule has 1 aliphatic rings. The highest BCUT2D eigenvalue weighted by molar-refractivity contribution is 7.10. The fraction of sp³-hybridized carbons (Fsp3) is 0.294. The number of nitrogens with one attached hydrogen (secondary N) is 1. The van der Waals surface area contributed by atoms with Gasteiger partial charge >= 0.3 is 6.03 Å². The van der Waals surface area contributed by atoms with E-state index in [4.69, 9.17) is 5.73 Å². The summed E-state index contributed by atoms with van der Waals surface area (Å²) in [7, 11) is 0. The normalized spacial score (nSPS) is 17.5. The molecule has 2 aromatic rings. The summed E-state index contributed by atoms with van der Waals surface area (Å²) in [6.07, 6.45) is 1.25. The minimum atomic E-state index is -0.798. The van der Waals surface area contributed by atoms with Crippen molar-refractivity contribution >= 4 is 23.3 Å². The molecule has 1 aliphatic heterocycles. The number of hydrogen-bond donors (Lipinski definition) is 2. The number of thiophene rings is 1. The van der Waals surface area contributed by atoms with Gasteiger partial charge in [0.1, 0.15) is 0 Å². The second-order valence-corrected chi connectivity index (χ2v) is 6.56. The van der Waals surface area contributed by atoms with Crippen LogP contribution in [0.2, 0.25) is 0 Å². The van der Waals surface area contributed by atoms with Crippen LogP contribution in [-0.4, -0.2) is 29.9 Å². The molecule has 1 aromatic heterocycles. The molecule has 1 aromatic carbocycles. The topological polar surface area (TPSA) is 75.4 Å². The Labute approximate surface area is 139 Å². The largest absolute Gasteiger partial charge is 0.351 e. The van der Waals surface area contributed by atoms with E-state index in [0.717, 1.165) is 13.0 Å². The Bertz CT molecular complexity index is 699. The Kier molecular flexibility index (Phi) is 4.73. The first-order valence-electron chi connectivity index (χ1n) is 7.59. The van der Waals surface area contributed by atoms with Crippen molar-refractivity contribution in [2.75, 3.05) is 13.1 Å². The first kappa shape index (κ1) is 15.7. The summed E-state index contributed by atoms with van der Waals surface area (Å²) in [6.45, 7) is 1.49. The van der Waals surface area contributed by atoms with Crippen molar-refractivity contribution in [1.29, 1.82) is 0 Å². The number of nitrogens with two attached hydrogens (primary N) is 1. The molecule has 0 aliphatic carbocycles. The van der Waals surface area contributed by atoms with E-state index < -0.39 is 6.03 Å². The van der Waals surface area contributed by atoms with Gasteiger partial charge in [-0.1, -0.05) is 30.3 Å². The first-order chi connectivity index (χ1) is 11.1. The average molecular weight is 329 g/mol. The van der Waals surface area contributed by atoms with Gasteiger partial charge in [0.2, 0.25) is 5.91 Å². The van der Waals surface area contributed by atoms with Crippen LogP contribution in [0.3, 0.4) is 0 Å². The number of hydrogen-bond acceptors (Lipinski definition) is 4. The van der Waals surface area contributed by atoms with Gasteiger partial charge < -0.3 is 5.73 Å². The third-order valence-corrected chi connectivity index (χ3v) is 5.07. The van der Waals surface area contributed by atoms with E-state index in [1.165, 1.54) is 16.0 Å². The zero-order valence-corrected chi connectivity index (χ0v) is 13.5. The van der Waals surface area contributed by atoms with Crippen LogP contribution in [0.4, 0.5) is 4.79 Å². The monoisotopic (exact) mass is 329 g/mol. The number of fused-ring (bicyclic) bond motifs is 1. The van der Waals surface area contributed by atoms with Crippen LogP contribution in [0.5, 0.6) is 0 Å². The Morgan fingerprint density at radius 1 is 1.26 bits per heavy atom. The van der Waals surface area contributed by atoms with Gasteiger partial charge in [0.25, 0.3) is 0 Å². The van der Waals surface area contributed by atoms with E-state index in [0.29, 0.717) is 6.54 Å². The highest BCUT2D eigenvalue weighted by Gasteiger charge is 2.29. The molecule has 2 heterocycles. The smallest absolute Gasteiger partial charge is 0.318 e. The Balaban J connectivity index is 1.79. The predicted molar refractivity (Wildman–Crippen MR) is 90.2 cm³/mol. The summed E-state index contributed by atoms with van der Waals surface area (Å²) < 4.78 is 0. The fourth-order valence-electron chi connectivity index (χ4n) is 3.08. The number of primary amides is 1. The molecule has 3 amide bonds. The lowest BCUT2D eigenvalue weighted by Gasteiger charge is -2.36. The highest BCUT2D eigenvalue weighted by Crippen LogP contribution is 2.37. The number of amides is 3. The van der Waals surface area contributed by atoms with Crippen LogP contribution in [-0.2, 0) is 11.2 Å². The summed E-state index contributed by atoms with van der Waals surface area (Å²) >= 11 is 1.79. The van der Waals surface area contributed by atoms with Crippen LogP contribution in [0.15, 0.2) is 41.8 Å². The third-order valence-electron chi connectivity index (χ3n) is 4.07. The standard InChI is InChI=1S/C17H19N3O2S/c18-17(22)19-15(21)7-10-20-9-6-14-13(8-11-23-14)16(20)12-4-2-1-3-5-12/h1-5,8,11,16H,6-7,9-10H2,(H3,18,19,21,22). The number of rotatable bonds is 4. The van der Waals surface area contributed by atoms with Gasteiger partial charge in [-0.05, 0) is 29.0 Å². The van der Waals surface area contributed by atoms with E-state index in [9.17, 15) is 9.59 Å². The molecule has 6 heteroatoms. The summed E-state index contributed by atoms with van der Waals surface area (Å²) in [6, 6.07) is 11.9. The lowest BCUT2D eigenvalue weighted by Crippen LogP contribution is -2.40. The minimum Gasteiger partial charge on any atom is -0.351 e. The minimum absolute atomic E-state index is 0.160. The van der Waals surface area contributed by atoms with Gasteiger partial charge in [-0.3, -0.25) is 15.0 Å². The average Bonchev–Trinajstić information content (AvgIpc) is 3.01. The molecule has 0 spiro atoms. The molecule has 1 atom stereocenters. The zero-order valence-electron chi connectivity index (χ0n) is 12.7. The molecule has 0 radical (unpaired) electrons. The summed E-state index contributed by atoms with van der Waals surface area (Å²) in [5, 5.41) is 4.26. The van der Waals surface area contributed by atoms with E-state index in [2.05, 4.69) is 33.8 Å². The quantitative estimate of drug-likeness (QED) is 0.903. The molecule has 3 rings (SSSR count). The number of carbonyl (C=O) groups excluding carboxylic acids is 2. The van der Waals surface area contributed by atoms with Crippen LogP contribution in [0.25, 0.3) is 0 Å². The molecule has 0 bridgehead atoms. The van der Waals surface area contributed by atoms with E-state index in [1.54, 1.807) is 11.3 Å². The predicted octanol–water partition coefficient (Wildman–Crippen LogP) is 2.28. The third kappa shape index (κ3) is 3.60. The van der Waals surface area contributed by atoms with E-state index in [1.807, 2.05) is 18.2 Å². The summed E-state index contributed by atoms with van der Waals surface area (Å²) in [5.74, 6) is -0.333. The van der Waals surface area contributed by atoms with Crippen LogP contribution >= 0.6 is 11.3 Å². The second kappa shape index (κ2) is 6.93. The van der Waals surface area contributed by atoms with Crippen molar-refractivity contribution in [2.45, 2.75) is 18.9 Å². The van der Waals surface area contributed by atoms with Gasteiger partial charge in [-0.15, -0.1) is 11.3 Å². The van der Waals surface area contributed by atoms with E-state index in [-0.39, 0.29) is 18.4 Å². The van der Waals surface area contributed by atoms with Crippen molar-refractivity contribution in [2.24, 2.45) is 5.73 Å². The van der Waals surface area contributed by atoms with Crippen molar-refractivity contribution in [1.82, 2.24) is 10.2 Å². The van der Waals surface area contributed by atoms with Crippen LogP contribution in [0, 0.1) is 0 Å². The molecule has 0 saturated carbocycles. The first-order valence-corrected chi connectivity index (χ1v) is 8.47. The highest BCUT2D eigenvalue weighted by atomic mass is 32.1. The van der Waals surface area contributed by atoms with Gasteiger partial charge in [-0.2, -0.15) is 0 Å². The van der Waals surface area contributed by atoms with Crippen molar-refractivity contribution in [3.05, 3.63) is 57.8 Å². The molecule has 23 heavy (non-hydrogen) atoms. The van der Waals surface area contributed by atoms with E-state index >= 15 is 0 Å². The molecule has 0 saturated heterocycles. The lowest BCUT2D eigenvalue weighted by molar-refractivity contribution is -0.120. The molecule has 3 N–H and O–H groups in total. The SMILES string of the molecule is NC(=O)NC(=O)CCN1CCc2sccc2C1c1ccccc1. The lowest BCUT2D eigenvalue weighted by atomic mass is 9.93. The molecule has 120 valence electrons. The van der Waals surface area contributed by atoms with Gasteiger partial charge in [0, 0.05) is 24.4 Å². The molecule has 0 fully saturated rings. The number of nitrogens with zero attached hydrogens (tertiary/aromatic N) is 1. The van der Waals surface area contributed by atoms with Crippen molar-refractivity contribution in [3.63, 3.8) is 0 Å². The fourth-order valence-corrected chi connectivity index (χ4v) is 3.98. The van der Waals surface area contributed by atoms with Crippen LogP contribution in [0.1, 0.15) is 28.5 Å². The zero-order chi connectivity index (χ0) is 16.2. The molecule has 1 unspecified atom stereocenters. The van der Waals surface area contributed by atoms with Crippen molar-refractivity contribution < 1.29 is 9.59 Å². The molecule has 5 nitrogen and oxygen atoms in total. The Hall–Kier alpha value is -2.18. The number of benzene rings is 1. The van der Waals surface area contributed by atoms with Gasteiger partial charge in [-0.25, -0.2) is 4.79 Å². The summed E-state index contributed by atoms with van der Waals surface area (Å²) in [4.78, 5) is 26.2. The maximum atomic E-state index is 11.7. The molecular formula is C17H19N3O2S. The maximum Gasteiger partial charge on any atom is 0.318 e. The Morgan fingerprint density at radius 3 is 2.78 bits per heavy atom. The van der Waals surface area contributed by atoms with Gasteiger partial charge in [0.15, 0.2) is 0 Å². The Morgan fingerprint density at radius 2 is 2.04 bits per heavy atom. The summed E-state index contributed by atoms with van der Waals surface area (Å²) in [5.41, 5.74) is 7.53.